The highest BCUT2D eigenvalue weighted by Gasteiger charge is 2.09. The first-order chi connectivity index (χ1) is 7.61. The Kier molecular flexibility index (Phi) is 7.34. The van der Waals surface area contributed by atoms with Gasteiger partial charge >= 0.3 is 5.97 Å². The van der Waals surface area contributed by atoms with E-state index in [0.717, 1.165) is 13.0 Å². The number of rotatable bonds is 5. The molecule has 2 N–H and O–H groups in total. The third kappa shape index (κ3) is 5.56. The zero-order chi connectivity index (χ0) is 12.0. The normalized spacial score (nSPS) is 9.82. The van der Waals surface area contributed by atoms with Crippen molar-refractivity contribution in [2.45, 2.75) is 6.42 Å². The Morgan fingerprint density at radius 2 is 2.00 bits per heavy atom. The molecule has 0 aromatic heterocycles. The zero-order valence-corrected chi connectivity index (χ0v) is 11.0. The number of hydrogen-bond acceptors (Lipinski definition) is 4. The maximum absolute atomic E-state index is 11.6. The van der Waals surface area contributed by atoms with E-state index in [4.69, 9.17) is 10.5 Å². The van der Waals surface area contributed by atoms with Crippen LogP contribution in [0, 0.1) is 0 Å². The highest BCUT2D eigenvalue weighted by atomic mass is 35.5. The van der Waals surface area contributed by atoms with Crippen molar-refractivity contribution in [1.29, 1.82) is 0 Å². The van der Waals surface area contributed by atoms with Crippen LogP contribution in [0.15, 0.2) is 24.3 Å². The topological polar surface area (TPSA) is 55.6 Å². The Morgan fingerprint density at radius 1 is 1.35 bits per heavy atom. The van der Waals surface area contributed by atoms with Gasteiger partial charge in [-0.15, -0.1) is 12.4 Å². The van der Waals surface area contributed by atoms with Gasteiger partial charge in [0.15, 0.2) is 0 Å². The van der Waals surface area contributed by atoms with Gasteiger partial charge in [0.05, 0.1) is 12.2 Å². The summed E-state index contributed by atoms with van der Waals surface area (Å²) in [5, 5.41) is 0. The number of hydrogen-bond donors (Lipinski definition) is 1. The molecule has 0 saturated heterocycles. The number of ether oxygens (including phenoxy) is 1. The number of para-hydroxylation sites is 1. The summed E-state index contributed by atoms with van der Waals surface area (Å²) in [6.45, 7) is 1.32. The van der Waals surface area contributed by atoms with Crippen molar-refractivity contribution < 1.29 is 9.53 Å². The van der Waals surface area contributed by atoms with Crippen LogP contribution in [0.25, 0.3) is 0 Å². The number of carbonyl (C=O) groups excluding carboxylic acids is 1. The summed E-state index contributed by atoms with van der Waals surface area (Å²) in [7, 11) is 3.97. The fourth-order valence-corrected chi connectivity index (χ4v) is 1.31. The number of carbonyl (C=O) groups is 1. The molecule has 1 aromatic rings. The maximum Gasteiger partial charge on any atom is 0.340 e. The summed E-state index contributed by atoms with van der Waals surface area (Å²) in [4.78, 5) is 13.6. The lowest BCUT2D eigenvalue weighted by atomic mass is 10.2. The van der Waals surface area contributed by atoms with Gasteiger partial charge in [-0.05, 0) is 32.6 Å². The Bertz CT molecular complexity index is 356. The molecule has 0 amide bonds. The van der Waals surface area contributed by atoms with Crippen LogP contribution >= 0.6 is 12.4 Å². The first-order valence-corrected chi connectivity index (χ1v) is 5.27. The van der Waals surface area contributed by atoms with Crippen molar-refractivity contribution in [3.05, 3.63) is 29.8 Å². The van der Waals surface area contributed by atoms with Crippen LogP contribution in [-0.2, 0) is 4.74 Å². The van der Waals surface area contributed by atoms with E-state index < -0.39 is 0 Å². The van der Waals surface area contributed by atoms with Gasteiger partial charge < -0.3 is 15.4 Å². The van der Waals surface area contributed by atoms with Crippen molar-refractivity contribution in [3.63, 3.8) is 0 Å². The van der Waals surface area contributed by atoms with Crippen LogP contribution in [0.4, 0.5) is 5.69 Å². The number of esters is 1. The van der Waals surface area contributed by atoms with Gasteiger partial charge in [0, 0.05) is 12.2 Å². The van der Waals surface area contributed by atoms with E-state index in [1.54, 1.807) is 24.3 Å². The molecule has 96 valence electrons. The van der Waals surface area contributed by atoms with Crippen molar-refractivity contribution in [1.82, 2.24) is 4.90 Å². The van der Waals surface area contributed by atoms with E-state index >= 15 is 0 Å². The van der Waals surface area contributed by atoms with Crippen molar-refractivity contribution in [3.8, 4) is 0 Å². The largest absolute Gasteiger partial charge is 0.462 e. The summed E-state index contributed by atoms with van der Waals surface area (Å²) in [6, 6.07) is 6.92. The number of benzene rings is 1. The van der Waals surface area contributed by atoms with Gasteiger partial charge in [-0.1, -0.05) is 12.1 Å². The predicted molar refractivity (Wildman–Crippen MR) is 71.6 cm³/mol. The molecule has 5 heteroatoms. The van der Waals surface area contributed by atoms with Gasteiger partial charge in [-0.25, -0.2) is 4.79 Å². The molecule has 0 heterocycles. The minimum absolute atomic E-state index is 0. The lowest BCUT2D eigenvalue weighted by molar-refractivity contribution is 0.0494. The average Bonchev–Trinajstić information content (AvgIpc) is 2.24. The summed E-state index contributed by atoms with van der Waals surface area (Å²) < 4.78 is 5.11. The average molecular weight is 259 g/mol. The van der Waals surface area contributed by atoms with E-state index in [-0.39, 0.29) is 18.4 Å². The predicted octanol–water partition coefficient (Wildman–Crippen LogP) is 1.80. The van der Waals surface area contributed by atoms with Crippen molar-refractivity contribution in [2.24, 2.45) is 0 Å². The number of nitrogen functional groups attached to an aromatic ring is 1. The molecule has 1 aromatic carbocycles. The van der Waals surface area contributed by atoms with Crippen LogP contribution in [0.2, 0.25) is 0 Å². The molecular formula is C12H19ClN2O2. The fourth-order valence-electron chi connectivity index (χ4n) is 1.31. The molecule has 0 fully saturated rings. The Labute approximate surface area is 108 Å². The molecular weight excluding hydrogens is 240 g/mol. The van der Waals surface area contributed by atoms with Crippen LogP contribution in [0.5, 0.6) is 0 Å². The molecule has 0 atom stereocenters. The Balaban J connectivity index is 0.00000256. The molecule has 4 nitrogen and oxygen atoms in total. The monoisotopic (exact) mass is 258 g/mol. The molecule has 0 aliphatic carbocycles. The molecule has 0 spiro atoms. The molecule has 0 saturated carbocycles. The minimum Gasteiger partial charge on any atom is -0.462 e. The van der Waals surface area contributed by atoms with Gasteiger partial charge in [-0.2, -0.15) is 0 Å². The molecule has 0 bridgehead atoms. The molecule has 0 aliphatic rings. The van der Waals surface area contributed by atoms with Gasteiger partial charge in [0.1, 0.15) is 0 Å². The maximum atomic E-state index is 11.6. The second kappa shape index (κ2) is 7.92. The van der Waals surface area contributed by atoms with Crippen LogP contribution in [-0.4, -0.2) is 38.1 Å². The summed E-state index contributed by atoms with van der Waals surface area (Å²) in [5.41, 5.74) is 6.56. The molecule has 17 heavy (non-hydrogen) atoms. The number of halogens is 1. The second-order valence-electron chi connectivity index (χ2n) is 3.88. The summed E-state index contributed by atoms with van der Waals surface area (Å²) in [5.74, 6) is -0.350. The van der Waals surface area contributed by atoms with Crippen LogP contribution in [0.1, 0.15) is 16.8 Å². The quantitative estimate of drug-likeness (QED) is 0.497. The van der Waals surface area contributed by atoms with Crippen molar-refractivity contribution >= 4 is 24.1 Å². The van der Waals surface area contributed by atoms with Crippen LogP contribution < -0.4 is 5.73 Å². The SMILES string of the molecule is CN(C)CCCOC(=O)c1ccccc1N.Cl. The lowest BCUT2D eigenvalue weighted by Gasteiger charge is -2.10. The standard InChI is InChI=1S/C12H18N2O2.ClH/c1-14(2)8-5-9-16-12(15)10-6-3-4-7-11(10)13;/h3-4,6-7H,5,8-9,13H2,1-2H3;1H. The molecule has 1 rings (SSSR count). The van der Waals surface area contributed by atoms with Gasteiger partial charge in [0.2, 0.25) is 0 Å². The van der Waals surface area contributed by atoms with E-state index in [2.05, 4.69) is 0 Å². The smallest absolute Gasteiger partial charge is 0.340 e. The fraction of sp³-hybridized carbons (Fsp3) is 0.417. The summed E-state index contributed by atoms with van der Waals surface area (Å²) >= 11 is 0. The van der Waals surface area contributed by atoms with Crippen molar-refractivity contribution in [2.75, 3.05) is 33.0 Å². The van der Waals surface area contributed by atoms with E-state index in [9.17, 15) is 4.79 Å². The third-order valence-corrected chi connectivity index (χ3v) is 2.16. The lowest BCUT2D eigenvalue weighted by Crippen LogP contribution is -2.16. The minimum atomic E-state index is -0.350. The summed E-state index contributed by atoms with van der Waals surface area (Å²) in [6.07, 6.45) is 0.825. The Morgan fingerprint density at radius 3 is 2.59 bits per heavy atom. The third-order valence-electron chi connectivity index (χ3n) is 2.16. The highest BCUT2D eigenvalue weighted by molar-refractivity contribution is 5.94. The second-order valence-corrected chi connectivity index (χ2v) is 3.88. The van der Waals surface area contributed by atoms with E-state index in [0.29, 0.717) is 17.9 Å². The highest BCUT2D eigenvalue weighted by Crippen LogP contribution is 2.11. The molecule has 0 aliphatic heterocycles. The Hall–Kier alpha value is -1.26. The number of anilines is 1. The first-order valence-electron chi connectivity index (χ1n) is 5.27. The first kappa shape index (κ1) is 15.7. The molecule has 0 radical (unpaired) electrons. The molecule has 0 unspecified atom stereocenters. The number of nitrogens with zero attached hydrogens (tertiary/aromatic N) is 1. The van der Waals surface area contributed by atoms with Gasteiger partial charge in [-0.3, -0.25) is 0 Å². The number of nitrogens with two attached hydrogens (primary N) is 1. The van der Waals surface area contributed by atoms with E-state index in [1.165, 1.54) is 0 Å². The van der Waals surface area contributed by atoms with E-state index in [1.807, 2.05) is 19.0 Å². The van der Waals surface area contributed by atoms with Crippen LogP contribution in [0.3, 0.4) is 0 Å². The zero-order valence-electron chi connectivity index (χ0n) is 10.2. The van der Waals surface area contributed by atoms with Gasteiger partial charge in [0.25, 0.3) is 0 Å².